The third-order valence-corrected chi connectivity index (χ3v) is 17.5. The Labute approximate surface area is 511 Å². The van der Waals surface area contributed by atoms with Crippen LogP contribution in [0.5, 0.6) is 0 Å². The van der Waals surface area contributed by atoms with Crippen LogP contribution in [0.1, 0.15) is 361 Å². The molecule has 82 heavy (non-hydrogen) atoms. The molecule has 0 fully saturated rings. The molecule has 0 heterocycles. The molecule has 2 N–H and O–H groups in total. The Hall–Kier alpha value is -1.54. The van der Waals surface area contributed by atoms with Crippen LogP contribution in [0, 0.1) is 0 Å². The van der Waals surface area contributed by atoms with E-state index in [9.17, 15) is 19.4 Å². The van der Waals surface area contributed by atoms with E-state index in [4.69, 9.17) is 9.05 Å². The maximum atomic E-state index is 13.0. The number of carbonyl (C=O) groups excluding carboxylic acids is 1. The first-order chi connectivity index (χ1) is 40.0. The molecule has 0 saturated heterocycles. The van der Waals surface area contributed by atoms with Gasteiger partial charge in [0.05, 0.1) is 39.9 Å². The molecule has 8 nitrogen and oxygen atoms in total. The van der Waals surface area contributed by atoms with Gasteiger partial charge in [0.15, 0.2) is 0 Å². The van der Waals surface area contributed by atoms with Crippen LogP contribution in [-0.2, 0) is 18.4 Å². The monoisotopic (exact) mass is 1170 g/mol. The predicted octanol–water partition coefficient (Wildman–Crippen LogP) is 22.4. The van der Waals surface area contributed by atoms with Gasteiger partial charge in [-0.1, -0.05) is 339 Å². The minimum atomic E-state index is -4.61. The average molecular weight is 1170 g/mol. The molecule has 0 radical (unpaired) electrons. The molecule has 9 heteroatoms. The van der Waals surface area contributed by atoms with E-state index in [-0.39, 0.29) is 19.1 Å². The van der Waals surface area contributed by atoms with Crippen molar-refractivity contribution in [1.82, 2.24) is 5.32 Å². The molecule has 3 atom stereocenters. The maximum Gasteiger partial charge on any atom is 0.268 e. The number of aliphatic hydroxyl groups excluding tert-OH is 1. The summed E-state index contributed by atoms with van der Waals surface area (Å²) in [6.07, 6.45) is 86.8. The molecular formula is C73H141N2O6P. The van der Waals surface area contributed by atoms with E-state index in [2.05, 4.69) is 55.6 Å². The number of hydrogen-bond acceptors (Lipinski definition) is 6. The molecule has 0 saturated carbocycles. The normalized spacial score (nSPS) is 13.9. The van der Waals surface area contributed by atoms with Crippen molar-refractivity contribution < 1.29 is 32.9 Å². The minimum Gasteiger partial charge on any atom is -0.756 e. The second-order valence-electron chi connectivity index (χ2n) is 25.9. The number of carbonyl (C=O) groups is 1. The summed E-state index contributed by atoms with van der Waals surface area (Å²) in [5.41, 5.74) is 0. The van der Waals surface area contributed by atoms with Crippen LogP contribution in [0.25, 0.3) is 0 Å². The quantitative estimate of drug-likeness (QED) is 0.0272. The Morgan fingerprint density at radius 1 is 0.427 bits per heavy atom. The molecule has 0 aliphatic carbocycles. The van der Waals surface area contributed by atoms with Gasteiger partial charge >= 0.3 is 0 Å². The van der Waals surface area contributed by atoms with E-state index < -0.39 is 20.0 Å². The number of unbranched alkanes of at least 4 members (excludes halogenated alkanes) is 48. The van der Waals surface area contributed by atoms with Gasteiger partial charge in [-0.05, 0) is 64.2 Å². The van der Waals surface area contributed by atoms with Crippen molar-refractivity contribution >= 4 is 13.7 Å². The van der Waals surface area contributed by atoms with Gasteiger partial charge in [-0.25, -0.2) is 0 Å². The zero-order valence-electron chi connectivity index (χ0n) is 55.5. The molecule has 0 aliphatic rings. The summed E-state index contributed by atoms with van der Waals surface area (Å²) in [5.74, 6) is -0.200. The topological polar surface area (TPSA) is 108 Å². The van der Waals surface area contributed by atoms with Gasteiger partial charge < -0.3 is 28.8 Å². The fourth-order valence-electron chi connectivity index (χ4n) is 10.9. The summed E-state index contributed by atoms with van der Waals surface area (Å²) in [4.78, 5) is 25.6. The molecule has 0 aliphatic heterocycles. The highest BCUT2D eigenvalue weighted by molar-refractivity contribution is 7.45. The van der Waals surface area contributed by atoms with E-state index >= 15 is 0 Å². The molecule has 3 unspecified atom stereocenters. The number of nitrogens with one attached hydrogen (secondary N) is 1. The van der Waals surface area contributed by atoms with Crippen molar-refractivity contribution in [1.29, 1.82) is 0 Å². The van der Waals surface area contributed by atoms with Crippen molar-refractivity contribution in [3.63, 3.8) is 0 Å². The molecule has 484 valence electrons. The van der Waals surface area contributed by atoms with Crippen molar-refractivity contribution in [3.05, 3.63) is 48.6 Å². The van der Waals surface area contributed by atoms with E-state index in [0.29, 0.717) is 17.4 Å². The minimum absolute atomic E-state index is 0.00481. The lowest BCUT2D eigenvalue weighted by atomic mass is 10.0. The summed E-state index contributed by atoms with van der Waals surface area (Å²) in [5, 5.41) is 13.9. The highest BCUT2D eigenvalue weighted by Gasteiger charge is 2.23. The molecule has 0 bridgehead atoms. The average Bonchev–Trinajstić information content (AvgIpc) is 3.47. The van der Waals surface area contributed by atoms with E-state index in [0.717, 1.165) is 44.9 Å². The van der Waals surface area contributed by atoms with Gasteiger partial charge in [-0.15, -0.1) is 0 Å². The van der Waals surface area contributed by atoms with Gasteiger partial charge in [0.25, 0.3) is 7.82 Å². The predicted molar refractivity (Wildman–Crippen MR) is 358 cm³/mol. The van der Waals surface area contributed by atoms with Crippen LogP contribution in [0.4, 0.5) is 0 Å². The summed E-state index contributed by atoms with van der Waals surface area (Å²) in [6, 6.07) is -0.904. The number of rotatable bonds is 67. The number of hydrogen-bond donors (Lipinski definition) is 2. The van der Waals surface area contributed by atoms with Gasteiger partial charge in [0.1, 0.15) is 13.2 Å². The number of nitrogens with zero attached hydrogens (tertiary/aromatic N) is 1. The van der Waals surface area contributed by atoms with Gasteiger partial charge in [0, 0.05) is 6.42 Å². The number of likely N-dealkylation sites (N-methyl/N-ethyl adjacent to an activating group) is 1. The van der Waals surface area contributed by atoms with Gasteiger partial charge in [0.2, 0.25) is 5.91 Å². The first-order valence-electron chi connectivity index (χ1n) is 36.0. The number of phosphoric acid groups is 1. The molecule has 0 spiro atoms. The van der Waals surface area contributed by atoms with Gasteiger partial charge in [-0.3, -0.25) is 9.36 Å². The fraction of sp³-hybridized carbons (Fsp3) is 0.877. The van der Waals surface area contributed by atoms with Crippen LogP contribution >= 0.6 is 7.82 Å². The van der Waals surface area contributed by atoms with Crippen LogP contribution in [0.3, 0.4) is 0 Å². The summed E-state index contributed by atoms with van der Waals surface area (Å²) in [6.45, 7) is 4.67. The van der Waals surface area contributed by atoms with E-state index in [1.807, 2.05) is 27.2 Å². The van der Waals surface area contributed by atoms with Crippen molar-refractivity contribution in [3.8, 4) is 0 Å². The SMILES string of the molecule is CCCCCCC/C=C\C/C=C\CCCCCCCCCCCCCCCCCCCCCCCCCCCC(=O)NC(COP(=O)([O-])OCC[N+](C)(C)C)C(O)/C=C/CC/C=C/CCCCCCCCCCCCCCCCCCC. The number of amides is 1. The molecule has 0 rings (SSSR count). The van der Waals surface area contributed by atoms with Crippen LogP contribution in [-0.4, -0.2) is 68.5 Å². The highest BCUT2D eigenvalue weighted by Crippen LogP contribution is 2.38. The highest BCUT2D eigenvalue weighted by atomic mass is 31.2. The zero-order chi connectivity index (χ0) is 59.8. The molecular weight excluding hydrogens is 1030 g/mol. The maximum absolute atomic E-state index is 13.0. The third-order valence-electron chi connectivity index (χ3n) is 16.5. The van der Waals surface area contributed by atoms with Crippen LogP contribution in [0.15, 0.2) is 48.6 Å². The molecule has 0 aromatic rings. The second kappa shape index (κ2) is 63.9. The van der Waals surface area contributed by atoms with Crippen molar-refractivity contribution in [2.45, 2.75) is 373 Å². The van der Waals surface area contributed by atoms with E-state index in [1.165, 1.54) is 295 Å². The largest absolute Gasteiger partial charge is 0.756 e. The Morgan fingerprint density at radius 3 is 1.06 bits per heavy atom. The van der Waals surface area contributed by atoms with Crippen LogP contribution < -0.4 is 10.2 Å². The summed E-state index contributed by atoms with van der Waals surface area (Å²) < 4.78 is 23.4. The lowest BCUT2D eigenvalue weighted by molar-refractivity contribution is -0.870. The third kappa shape index (κ3) is 66.0. The first-order valence-corrected chi connectivity index (χ1v) is 37.5. The Kier molecular flexibility index (Phi) is 62.7. The summed E-state index contributed by atoms with van der Waals surface area (Å²) in [7, 11) is 1.26. The molecule has 0 aromatic carbocycles. The molecule has 0 aromatic heterocycles. The van der Waals surface area contributed by atoms with Crippen molar-refractivity contribution in [2.24, 2.45) is 0 Å². The Morgan fingerprint density at radius 2 is 0.720 bits per heavy atom. The number of phosphoric ester groups is 1. The number of quaternary nitrogens is 1. The van der Waals surface area contributed by atoms with Gasteiger partial charge in [-0.2, -0.15) is 0 Å². The Balaban J connectivity index is 3.99. The first kappa shape index (κ1) is 80.5. The summed E-state index contributed by atoms with van der Waals surface area (Å²) >= 11 is 0. The standard InChI is InChI=1S/C73H141N2O6P/c1-6-8-10-12-14-16-18-20-22-24-26-28-30-31-32-33-34-35-36-37-38-39-40-41-42-43-45-47-49-51-53-55-57-59-61-63-65-67-73(77)74-71(70-81-82(78,79)80-69-68-75(3,4)5)72(76)66-64-62-60-58-56-54-52-50-48-46-44-29-27-25-23-21-19-17-15-13-11-9-7-2/h18,20,24,26,56,58,64,66,71-72,76H,6-17,19,21-23,25,27-55,57,59-63,65,67-70H2,1-5H3,(H-,74,77,78,79)/b20-18-,26-24-,58-56+,66-64+. The van der Waals surface area contributed by atoms with E-state index in [1.54, 1.807) is 6.08 Å². The fourth-order valence-corrected chi connectivity index (χ4v) is 11.6. The lowest BCUT2D eigenvalue weighted by Crippen LogP contribution is -2.45. The number of allylic oxidation sites excluding steroid dienone is 7. The lowest BCUT2D eigenvalue weighted by Gasteiger charge is -2.29. The number of aliphatic hydroxyl groups is 1. The zero-order valence-corrected chi connectivity index (χ0v) is 56.4. The van der Waals surface area contributed by atoms with Crippen molar-refractivity contribution in [2.75, 3.05) is 40.9 Å². The molecule has 1 amide bonds. The van der Waals surface area contributed by atoms with Crippen LogP contribution in [0.2, 0.25) is 0 Å². The Bertz CT molecular complexity index is 1480. The second-order valence-corrected chi connectivity index (χ2v) is 27.3. The smallest absolute Gasteiger partial charge is 0.268 e.